The second-order valence-corrected chi connectivity index (χ2v) is 4.44. The summed E-state index contributed by atoms with van der Waals surface area (Å²) in [5, 5.41) is 18.4. The summed E-state index contributed by atoms with van der Waals surface area (Å²) >= 11 is 1.70. The maximum absolute atomic E-state index is 11.3. The van der Waals surface area contributed by atoms with Crippen LogP contribution in [0, 0.1) is 0 Å². The van der Waals surface area contributed by atoms with Crippen molar-refractivity contribution in [2.45, 2.75) is 12.5 Å². The third kappa shape index (κ3) is 2.35. The van der Waals surface area contributed by atoms with Gasteiger partial charge in [0.25, 0.3) is 0 Å². The fourth-order valence-corrected chi connectivity index (χ4v) is 2.43. The Labute approximate surface area is 95.7 Å². The van der Waals surface area contributed by atoms with Crippen LogP contribution < -0.4 is 4.84 Å². The SMILES string of the molecule is O=C(OC1CCSC1)On1c(O)ccc1O. The van der Waals surface area contributed by atoms with E-state index < -0.39 is 6.16 Å². The first kappa shape index (κ1) is 11.0. The molecule has 1 aromatic heterocycles. The zero-order chi connectivity index (χ0) is 11.5. The molecule has 0 aromatic carbocycles. The van der Waals surface area contributed by atoms with E-state index in [2.05, 4.69) is 4.84 Å². The monoisotopic (exact) mass is 245 g/mol. The second-order valence-electron chi connectivity index (χ2n) is 3.29. The van der Waals surface area contributed by atoms with E-state index in [1.807, 2.05) is 0 Å². The molecule has 0 bridgehead atoms. The molecule has 16 heavy (non-hydrogen) atoms. The minimum absolute atomic E-state index is 0.155. The van der Waals surface area contributed by atoms with Gasteiger partial charge in [0.1, 0.15) is 6.10 Å². The molecule has 1 atom stereocenters. The van der Waals surface area contributed by atoms with E-state index in [4.69, 9.17) is 4.74 Å². The van der Waals surface area contributed by atoms with Gasteiger partial charge in [0.2, 0.25) is 11.8 Å². The van der Waals surface area contributed by atoms with Crippen LogP contribution in [-0.4, -0.2) is 38.7 Å². The van der Waals surface area contributed by atoms with Crippen molar-refractivity contribution >= 4 is 17.9 Å². The number of hydrogen-bond donors (Lipinski definition) is 2. The van der Waals surface area contributed by atoms with Crippen molar-refractivity contribution in [3.8, 4) is 11.8 Å². The van der Waals surface area contributed by atoms with Crippen LogP contribution in [0.3, 0.4) is 0 Å². The smallest absolute Gasteiger partial charge is 0.492 e. The molecule has 1 aromatic rings. The van der Waals surface area contributed by atoms with Crippen molar-refractivity contribution in [2.75, 3.05) is 11.5 Å². The standard InChI is InChI=1S/C9H11NO5S/c11-7-1-2-8(12)10(7)15-9(13)14-6-3-4-16-5-6/h1-2,6,11-12H,3-5H2. The minimum Gasteiger partial charge on any atom is -0.492 e. The molecule has 7 heteroatoms. The molecule has 1 unspecified atom stereocenters. The van der Waals surface area contributed by atoms with Crippen molar-refractivity contribution in [1.29, 1.82) is 0 Å². The van der Waals surface area contributed by atoms with Crippen LogP contribution in [0.15, 0.2) is 12.1 Å². The lowest BCUT2D eigenvalue weighted by Crippen LogP contribution is -2.25. The number of nitrogens with zero attached hydrogens (tertiary/aromatic N) is 1. The Balaban J connectivity index is 1.91. The Kier molecular flexibility index (Phi) is 3.14. The van der Waals surface area contributed by atoms with Crippen LogP contribution in [0.2, 0.25) is 0 Å². The van der Waals surface area contributed by atoms with Crippen molar-refractivity contribution in [3.05, 3.63) is 12.1 Å². The van der Waals surface area contributed by atoms with Gasteiger partial charge in [-0.05, 0) is 12.2 Å². The molecule has 2 N–H and O–H groups in total. The van der Waals surface area contributed by atoms with Crippen LogP contribution in [0.4, 0.5) is 4.79 Å². The molecule has 1 aliphatic heterocycles. The van der Waals surface area contributed by atoms with Gasteiger partial charge in [0.15, 0.2) is 0 Å². The highest BCUT2D eigenvalue weighted by Gasteiger charge is 2.22. The highest BCUT2D eigenvalue weighted by molar-refractivity contribution is 7.99. The highest BCUT2D eigenvalue weighted by atomic mass is 32.2. The van der Waals surface area contributed by atoms with Crippen molar-refractivity contribution in [2.24, 2.45) is 0 Å². The van der Waals surface area contributed by atoms with E-state index >= 15 is 0 Å². The summed E-state index contributed by atoms with van der Waals surface area (Å²) in [4.78, 5) is 15.9. The summed E-state index contributed by atoms with van der Waals surface area (Å²) in [6.45, 7) is 0. The van der Waals surface area contributed by atoms with E-state index in [0.717, 1.165) is 17.9 Å². The van der Waals surface area contributed by atoms with Crippen LogP contribution >= 0.6 is 11.8 Å². The number of ether oxygens (including phenoxy) is 1. The summed E-state index contributed by atoms with van der Waals surface area (Å²) in [6, 6.07) is 2.40. The van der Waals surface area contributed by atoms with Crippen molar-refractivity contribution in [3.63, 3.8) is 0 Å². The van der Waals surface area contributed by atoms with Gasteiger partial charge in [-0.3, -0.25) is 4.84 Å². The topological polar surface area (TPSA) is 80.9 Å². The third-order valence-electron chi connectivity index (χ3n) is 2.11. The quantitative estimate of drug-likeness (QED) is 0.756. The molecule has 1 aliphatic rings. The Morgan fingerprint density at radius 1 is 1.44 bits per heavy atom. The van der Waals surface area contributed by atoms with E-state index in [0.29, 0.717) is 4.73 Å². The van der Waals surface area contributed by atoms with E-state index in [1.54, 1.807) is 11.8 Å². The van der Waals surface area contributed by atoms with Crippen molar-refractivity contribution < 1.29 is 24.6 Å². The predicted molar refractivity (Wildman–Crippen MR) is 56.6 cm³/mol. The largest absolute Gasteiger partial charge is 0.534 e. The molecule has 2 heterocycles. The Bertz CT molecular complexity index is 366. The maximum atomic E-state index is 11.3. The molecular weight excluding hydrogens is 234 g/mol. The van der Waals surface area contributed by atoms with E-state index in [1.165, 1.54) is 12.1 Å². The van der Waals surface area contributed by atoms with E-state index in [9.17, 15) is 15.0 Å². The van der Waals surface area contributed by atoms with Gasteiger partial charge in [-0.1, -0.05) is 0 Å². The first-order valence-corrected chi connectivity index (χ1v) is 5.88. The molecule has 1 fully saturated rings. The van der Waals surface area contributed by atoms with Crippen molar-refractivity contribution in [1.82, 2.24) is 4.73 Å². The number of hydrogen-bond acceptors (Lipinski definition) is 6. The number of carbonyl (C=O) groups is 1. The molecule has 0 amide bonds. The molecule has 2 rings (SSSR count). The number of carbonyl (C=O) groups excluding carboxylic acids is 1. The average molecular weight is 245 g/mol. The summed E-state index contributed by atoms with van der Waals surface area (Å²) in [5.74, 6) is 0.974. The van der Waals surface area contributed by atoms with Crippen LogP contribution in [0.1, 0.15) is 6.42 Å². The fraction of sp³-hybridized carbons (Fsp3) is 0.444. The van der Waals surface area contributed by atoms with Gasteiger partial charge < -0.3 is 14.9 Å². The Hall–Kier alpha value is -1.50. The minimum atomic E-state index is -0.936. The van der Waals surface area contributed by atoms with Gasteiger partial charge in [-0.25, -0.2) is 4.79 Å². The molecule has 0 saturated carbocycles. The Morgan fingerprint density at radius 3 is 2.69 bits per heavy atom. The number of aromatic nitrogens is 1. The normalized spacial score (nSPS) is 19.6. The fourth-order valence-electron chi connectivity index (χ4n) is 1.33. The lowest BCUT2D eigenvalue weighted by atomic mass is 10.3. The van der Waals surface area contributed by atoms with Gasteiger partial charge in [-0.15, -0.1) is 4.73 Å². The molecular formula is C9H11NO5S. The summed E-state index contributed by atoms with van der Waals surface area (Å²) < 4.78 is 5.57. The van der Waals surface area contributed by atoms with E-state index in [-0.39, 0.29) is 17.9 Å². The predicted octanol–water partition coefficient (Wildman–Crippen LogP) is 0.970. The van der Waals surface area contributed by atoms with Gasteiger partial charge in [-0.2, -0.15) is 11.8 Å². The summed E-state index contributed by atoms with van der Waals surface area (Å²) in [5.41, 5.74) is 0. The average Bonchev–Trinajstić information content (AvgIpc) is 2.83. The number of aromatic hydroxyl groups is 2. The zero-order valence-electron chi connectivity index (χ0n) is 8.33. The van der Waals surface area contributed by atoms with Gasteiger partial charge in [0.05, 0.1) is 0 Å². The first-order chi connectivity index (χ1) is 7.66. The lowest BCUT2D eigenvalue weighted by Gasteiger charge is -2.11. The second kappa shape index (κ2) is 4.56. The summed E-state index contributed by atoms with van der Waals surface area (Å²) in [7, 11) is 0. The molecule has 0 aliphatic carbocycles. The third-order valence-corrected chi connectivity index (χ3v) is 3.25. The zero-order valence-corrected chi connectivity index (χ0v) is 9.14. The molecule has 6 nitrogen and oxygen atoms in total. The van der Waals surface area contributed by atoms with Crippen LogP contribution in [0.25, 0.3) is 0 Å². The first-order valence-electron chi connectivity index (χ1n) is 4.73. The summed E-state index contributed by atoms with van der Waals surface area (Å²) in [6.07, 6.45) is -0.296. The van der Waals surface area contributed by atoms with Crippen LogP contribution in [0.5, 0.6) is 11.8 Å². The lowest BCUT2D eigenvalue weighted by molar-refractivity contribution is 0.0159. The molecule has 0 spiro atoms. The Morgan fingerprint density at radius 2 is 2.12 bits per heavy atom. The number of thioether (sulfide) groups is 1. The van der Waals surface area contributed by atoms with Gasteiger partial charge >= 0.3 is 6.16 Å². The van der Waals surface area contributed by atoms with Crippen LogP contribution in [-0.2, 0) is 4.74 Å². The number of rotatable bonds is 2. The molecule has 1 saturated heterocycles. The van der Waals surface area contributed by atoms with Gasteiger partial charge in [0, 0.05) is 17.9 Å². The maximum Gasteiger partial charge on any atom is 0.534 e. The molecule has 0 radical (unpaired) electrons. The highest BCUT2D eigenvalue weighted by Crippen LogP contribution is 2.21. The molecule has 88 valence electrons.